The van der Waals surface area contributed by atoms with Crippen LogP contribution in [0.1, 0.15) is 22.8 Å². The number of methoxy groups -OCH3 is 1. The fraction of sp³-hybridized carbons (Fsp3) is 0.0882. The van der Waals surface area contributed by atoms with Gasteiger partial charge in [-0.15, -0.1) is 23.1 Å². The Morgan fingerprint density at radius 2 is 1.73 bits per heavy atom. The second-order valence-corrected chi connectivity index (χ2v) is 11.9. The van der Waals surface area contributed by atoms with Gasteiger partial charge >= 0.3 is 0 Å². The van der Waals surface area contributed by atoms with Gasteiger partial charge in [-0.1, -0.05) is 42.5 Å². The monoisotopic (exact) mass is 635 g/mol. The Morgan fingerprint density at radius 3 is 2.51 bits per heavy atom. The summed E-state index contributed by atoms with van der Waals surface area (Å²) >= 11 is 2.68. The standard InChI is InChI=1S/C34H29N5O4S2/c1-22(31(40)39-34-38-29(21-44-34)27-15-6-7-16-30(27)43-2)45-26-14-8-13-25(19-26)36-33(42)28(18-23-10-9-17-35-20-23)37-32(41)24-11-4-3-5-12-24/h3-22H,1-2H3,(H,36,42)(H,37,41)(H,38,39,40)/b28-18-. The highest BCUT2D eigenvalue weighted by Gasteiger charge is 2.19. The summed E-state index contributed by atoms with van der Waals surface area (Å²) in [7, 11) is 1.61. The topological polar surface area (TPSA) is 122 Å². The number of anilines is 2. The van der Waals surface area contributed by atoms with E-state index in [0.717, 1.165) is 10.5 Å². The normalized spacial score (nSPS) is 11.7. The number of carbonyl (C=O) groups excluding carboxylic acids is 3. The number of nitrogens with zero attached hydrogens (tertiary/aromatic N) is 2. The molecule has 2 heterocycles. The van der Waals surface area contributed by atoms with Crippen LogP contribution in [0.4, 0.5) is 10.8 Å². The summed E-state index contributed by atoms with van der Waals surface area (Å²) in [6, 6.07) is 26.9. The predicted molar refractivity (Wildman–Crippen MR) is 179 cm³/mol. The number of pyridine rings is 1. The van der Waals surface area contributed by atoms with E-state index in [1.54, 1.807) is 87.1 Å². The summed E-state index contributed by atoms with van der Waals surface area (Å²) in [6.07, 6.45) is 4.78. The van der Waals surface area contributed by atoms with Crippen molar-refractivity contribution >= 4 is 57.7 Å². The van der Waals surface area contributed by atoms with Gasteiger partial charge in [0.1, 0.15) is 11.4 Å². The number of para-hydroxylation sites is 1. The van der Waals surface area contributed by atoms with Crippen molar-refractivity contribution in [3.8, 4) is 17.0 Å². The molecule has 0 aliphatic rings. The Bertz CT molecular complexity index is 1830. The quantitative estimate of drug-likeness (QED) is 0.109. The van der Waals surface area contributed by atoms with Crippen LogP contribution in [0.3, 0.4) is 0 Å². The molecule has 3 N–H and O–H groups in total. The summed E-state index contributed by atoms with van der Waals surface area (Å²) in [5, 5.41) is 10.4. The Hall–Kier alpha value is -5.26. The number of hydrogen-bond acceptors (Lipinski definition) is 8. The smallest absolute Gasteiger partial charge is 0.272 e. The minimum absolute atomic E-state index is 0.0543. The zero-order chi connectivity index (χ0) is 31.6. The van der Waals surface area contributed by atoms with Crippen molar-refractivity contribution in [1.29, 1.82) is 0 Å². The summed E-state index contributed by atoms with van der Waals surface area (Å²) in [6.45, 7) is 1.80. The van der Waals surface area contributed by atoms with Crippen LogP contribution in [0.5, 0.6) is 5.75 Å². The number of amides is 3. The Morgan fingerprint density at radius 1 is 0.933 bits per heavy atom. The van der Waals surface area contributed by atoms with Gasteiger partial charge in [0, 0.05) is 39.5 Å². The largest absolute Gasteiger partial charge is 0.496 e. The zero-order valence-corrected chi connectivity index (χ0v) is 26.0. The second kappa shape index (κ2) is 15.0. The first-order valence-corrected chi connectivity index (χ1v) is 15.6. The predicted octanol–water partition coefficient (Wildman–Crippen LogP) is 6.74. The maximum Gasteiger partial charge on any atom is 0.272 e. The number of ether oxygens (including phenoxy) is 1. The molecule has 5 rings (SSSR count). The van der Waals surface area contributed by atoms with E-state index < -0.39 is 17.1 Å². The van der Waals surface area contributed by atoms with Crippen molar-refractivity contribution in [3.05, 3.63) is 126 Å². The maximum atomic E-state index is 13.4. The number of hydrogen-bond donors (Lipinski definition) is 3. The number of aromatic nitrogens is 2. The summed E-state index contributed by atoms with van der Waals surface area (Å²) in [4.78, 5) is 48.7. The molecule has 3 aromatic carbocycles. The van der Waals surface area contributed by atoms with Crippen molar-refractivity contribution in [2.24, 2.45) is 0 Å². The van der Waals surface area contributed by atoms with Crippen LogP contribution in [0.2, 0.25) is 0 Å². The van der Waals surface area contributed by atoms with Crippen LogP contribution >= 0.6 is 23.1 Å². The molecule has 0 aliphatic heterocycles. The number of thiazole rings is 1. The molecule has 0 radical (unpaired) electrons. The van der Waals surface area contributed by atoms with Crippen molar-refractivity contribution in [2.45, 2.75) is 17.1 Å². The van der Waals surface area contributed by atoms with E-state index in [9.17, 15) is 14.4 Å². The number of nitrogens with one attached hydrogen (secondary N) is 3. The third-order valence-corrected chi connectivity index (χ3v) is 8.27. The molecule has 0 saturated carbocycles. The second-order valence-electron chi connectivity index (χ2n) is 9.63. The Labute approximate surface area is 268 Å². The van der Waals surface area contributed by atoms with E-state index in [-0.39, 0.29) is 11.6 Å². The van der Waals surface area contributed by atoms with E-state index in [0.29, 0.717) is 33.4 Å². The molecular formula is C34H29N5O4S2. The van der Waals surface area contributed by atoms with E-state index >= 15 is 0 Å². The third-order valence-electron chi connectivity index (χ3n) is 6.42. The molecular weight excluding hydrogens is 607 g/mol. The lowest BCUT2D eigenvalue weighted by Crippen LogP contribution is -2.30. The van der Waals surface area contributed by atoms with Crippen molar-refractivity contribution < 1.29 is 19.1 Å². The molecule has 45 heavy (non-hydrogen) atoms. The van der Waals surface area contributed by atoms with Gasteiger partial charge in [-0.3, -0.25) is 19.4 Å². The van der Waals surface area contributed by atoms with E-state index in [4.69, 9.17) is 4.74 Å². The summed E-state index contributed by atoms with van der Waals surface area (Å²) in [5.41, 5.74) is 3.19. The highest BCUT2D eigenvalue weighted by Crippen LogP contribution is 2.32. The van der Waals surface area contributed by atoms with Gasteiger partial charge in [0.25, 0.3) is 11.8 Å². The molecule has 0 spiro atoms. The molecule has 0 bridgehead atoms. The fourth-order valence-electron chi connectivity index (χ4n) is 4.19. The highest BCUT2D eigenvalue weighted by molar-refractivity contribution is 8.00. The Balaban J connectivity index is 1.24. The van der Waals surface area contributed by atoms with Crippen molar-refractivity contribution in [2.75, 3.05) is 17.7 Å². The molecule has 1 unspecified atom stereocenters. The average molecular weight is 636 g/mol. The van der Waals surface area contributed by atoms with E-state index in [1.807, 2.05) is 41.8 Å². The summed E-state index contributed by atoms with van der Waals surface area (Å²) in [5.74, 6) is -0.429. The van der Waals surface area contributed by atoms with Gasteiger partial charge in [0.2, 0.25) is 5.91 Å². The Kier molecular flexibility index (Phi) is 10.4. The molecule has 0 saturated heterocycles. The minimum Gasteiger partial charge on any atom is -0.496 e. The number of rotatable bonds is 11. The lowest BCUT2D eigenvalue weighted by molar-refractivity contribution is -0.115. The first-order valence-electron chi connectivity index (χ1n) is 13.9. The van der Waals surface area contributed by atoms with Gasteiger partial charge in [-0.2, -0.15) is 0 Å². The van der Waals surface area contributed by atoms with Crippen LogP contribution in [0, 0.1) is 0 Å². The lowest BCUT2D eigenvalue weighted by Gasteiger charge is -2.13. The van der Waals surface area contributed by atoms with Gasteiger partial charge in [0.05, 0.1) is 18.1 Å². The van der Waals surface area contributed by atoms with Crippen molar-refractivity contribution in [1.82, 2.24) is 15.3 Å². The van der Waals surface area contributed by atoms with E-state index in [2.05, 4.69) is 25.9 Å². The van der Waals surface area contributed by atoms with Crippen LogP contribution < -0.4 is 20.7 Å². The van der Waals surface area contributed by atoms with Crippen LogP contribution in [-0.4, -0.2) is 40.0 Å². The van der Waals surface area contributed by atoms with Crippen LogP contribution in [0.15, 0.2) is 119 Å². The molecule has 2 aromatic heterocycles. The number of carbonyl (C=O) groups is 3. The maximum absolute atomic E-state index is 13.4. The van der Waals surface area contributed by atoms with Crippen LogP contribution in [0.25, 0.3) is 17.3 Å². The summed E-state index contributed by atoms with van der Waals surface area (Å²) < 4.78 is 5.43. The average Bonchev–Trinajstić information content (AvgIpc) is 3.53. The van der Waals surface area contributed by atoms with E-state index in [1.165, 1.54) is 23.1 Å². The van der Waals surface area contributed by atoms with Gasteiger partial charge in [-0.25, -0.2) is 4.98 Å². The molecule has 11 heteroatoms. The molecule has 3 amide bonds. The first-order chi connectivity index (χ1) is 21.9. The molecule has 226 valence electrons. The molecule has 0 fully saturated rings. The number of thioether (sulfide) groups is 1. The van der Waals surface area contributed by atoms with Gasteiger partial charge < -0.3 is 20.7 Å². The SMILES string of the molecule is COc1ccccc1-c1csc(NC(=O)C(C)Sc2cccc(NC(=O)/C(=C/c3cccnc3)NC(=O)c3ccccc3)c2)n1. The fourth-order valence-corrected chi connectivity index (χ4v) is 5.83. The van der Waals surface area contributed by atoms with Crippen LogP contribution in [-0.2, 0) is 9.59 Å². The zero-order valence-electron chi connectivity index (χ0n) is 24.4. The number of benzene rings is 3. The lowest BCUT2D eigenvalue weighted by atomic mass is 10.1. The molecule has 1 atom stereocenters. The van der Waals surface area contributed by atoms with Crippen molar-refractivity contribution in [3.63, 3.8) is 0 Å². The van der Waals surface area contributed by atoms with Gasteiger partial charge in [0.15, 0.2) is 5.13 Å². The molecule has 0 aliphatic carbocycles. The molecule has 5 aromatic rings. The third kappa shape index (κ3) is 8.43. The first kappa shape index (κ1) is 31.2. The van der Waals surface area contributed by atoms with Gasteiger partial charge in [-0.05, 0) is 67.1 Å². The molecule has 9 nitrogen and oxygen atoms in total. The minimum atomic E-state index is -0.509. The highest BCUT2D eigenvalue weighted by atomic mass is 32.2.